The minimum Gasteiger partial charge on any atom is -0.444 e. The third kappa shape index (κ3) is 4.05. The smallest absolute Gasteiger partial charge is 0.410 e. The summed E-state index contributed by atoms with van der Waals surface area (Å²) in [7, 11) is 0. The van der Waals surface area contributed by atoms with Gasteiger partial charge in [-0.1, -0.05) is 0 Å². The minimum absolute atomic E-state index is 0.0187. The van der Waals surface area contributed by atoms with Gasteiger partial charge in [-0.15, -0.1) is 0 Å². The van der Waals surface area contributed by atoms with Gasteiger partial charge in [-0.05, 0) is 40.0 Å². The van der Waals surface area contributed by atoms with Gasteiger partial charge in [-0.3, -0.25) is 5.10 Å². The third-order valence-electron chi connectivity index (χ3n) is 4.53. The number of ether oxygens (including phenoxy) is 1. The summed E-state index contributed by atoms with van der Waals surface area (Å²) in [5.74, 6) is 0.351. The number of H-pyrrole nitrogens is 1. The van der Waals surface area contributed by atoms with Crippen molar-refractivity contribution in [3.05, 3.63) is 18.0 Å². The quantitative estimate of drug-likeness (QED) is 0.836. The van der Waals surface area contributed by atoms with Crippen LogP contribution >= 0.6 is 0 Å². The Bertz CT molecular complexity index is 842. The summed E-state index contributed by atoms with van der Waals surface area (Å²) in [5.41, 5.74) is 7.30. The van der Waals surface area contributed by atoms with Gasteiger partial charge in [0.1, 0.15) is 28.7 Å². The fraction of sp³-hybridized carbons (Fsp3) is 0.556. The number of hydrogen-bond donors (Lipinski definition) is 2. The van der Waals surface area contributed by atoms with Crippen LogP contribution in [0.25, 0.3) is 11.3 Å². The van der Waals surface area contributed by atoms with Crippen LogP contribution in [0.3, 0.4) is 0 Å². The lowest BCUT2D eigenvalue weighted by atomic mass is 10.1. The molecule has 2 aromatic rings. The van der Waals surface area contributed by atoms with E-state index < -0.39 is 5.60 Å². The van der Waals surface area contributed by atoms with Gasteiger partial charge in [0.15, 0.2) is 0 Å². The molecule has 1 saturated heterocycles. The maximum absolute atomic E-state index is 12.3. The van der Waals surface area contributed by atoms with Crippen LogP contribution < -0.4 is 5.73 Å². The number of nitrogens with zero attached hydrogens (tertiary/aromatic N) is 5. The van der Waals surface area contributed by atoms with Crippen molar-refractivity contribution in [3.63, 3.8) is 0 Å². The lowest BCUT2D eigenvalue weighted by molar-refractivity contribution is 0.0255. The van der Waals surface area contributed by atoms with Crippen LogP contribution in [0.2, 0.25) is 0 Å². The molecule has 144 valence electrons. The van der Waals surface area contributed by atoms with E-state index in [9.17, 15) is 10.1 Å². The number of aromatic amines is 1. The topological polar surface area (TPSA) is 126 Å². The summed E-state index contributed by atoms with van der Waals surface area (Å²) in [5, 5.41) is 20.7. The van der Waals surface area contributed by atoms with Gasteiger partial charge in [-0.25, -0.2) is 9.48 Å². The van der Waals surface area contributed by atoms with Crippen molar-refractivity contribution in [2.45, 2.75) is 51.7 Å². The van der Waals surface area contributed by atoms with E-state index in [1.807, 2.05) is 20.8 Å². The van der Waals surface area contributed by atoms with Gasteiger partial charge in [0.05, 0.1) is 12.2 Å². The van der Waals surface area contributed by atoms with Crippen LogP contribution in [-0.2, 0) is 4.74 Å². The second-order valence-corrected chi connectivity index (χ2v) is 7.70. The third-order valence-corrected chi connectivity index (χ3v) is 4.53. The Morgan fingerprint density at radius 3 is 2.81 bits per heavy atom. The maximum Gasteiger partial charge on any atom is 0.410 e. The van der Waals surface area contributed by atoms with Gasteiger partial charge in [0, 0.05) is 24.8 Å². The molecule has 9 heteroatoms. The highest BCUT2D eigenvalue weighted by Crippen LogP contribution is 2.32. The number of amides is 1. The summed E-state index contributed by atoms with van der Waals surface area (Å²) in [6.07, 6.45) is 5.33. The largest absolute Gasteiger partial charge is 0.444 e. The molecule has 0 saturated carbocycles. The Morgan fingerprint density at radius 2 is 2.19 bits per heavy atom. The predicted molar refractivity (Wildman–Crippen MR) is 99.6 cm³/mol. The Morgan fingerprint density at radius 1 is 1.41 bits per heavy atom. The van der Waals surface area contributed by atoms with E-state index in [0.717, 1.165) is 18.4 Å². The van der Waals surface area contributed by atoms with Crippen molar-refractivity contribution in [2.24, 2.45) is 0 Å². The van der Waals surface area contributed by atoms with Crippen molar-refractivity contribution in [2.75, 3.05) is 18.8 Å². The molecular weight excluding hydrogens is 346 g/mol. The van der Waals surface area contributed by atoms with Crippen LogP contribution in [0, 0.1) is 11.3 Å². The highest BCUT2D eigenvalue weighted by Gasteiger charge is 2.28. The van der Waals surface area contributed by atoms with Gasteiger partial charge >= 0.3 is 6.09 Å². The Balaban J connectivity index is 1.78. The molecule has 0 aromatic carbocycles. The maximum atomic E-state index is 12.3. The number of carbonyl (C=O) groups excluding carboxylic acids is 1. The molecular formula is C18H25N7O2. The van der Waals surface area contributed by atoms with Crippen LogP contribution in [0.4, 0.5) is 10.6 Å². The molecule has 0 spiro atoms. The van der Waals surface area contributed by atoms with Crippen LogP contribution in [-0.4, -0.2) is 49.7 Å². The zero-order valence-corrected chi connectivity index (χ0v) is 15.9. The first-order chi connectivity index (χ1) is 12.8. The molecule has 1 aliphatic rings. The fourth-order valence-electron chi connectivity index (χ4n) is 3.25. The number of rotatable bonds is 2. The number of carbonyl (C=O) groups is 1. The Labute approximate surface area is 158 Å². The van der Waals surface area contributed by atoms with Crippen molar-refractivity contribution in [3.8, 4) is 17.3 Å². The monoisotopic (exact) mass is 371 g/mol. The number of nitriles is 1. The van der Waals surface area contributed by atoms with E-state index in [0.29, 0.717) is 36.6 Å². The first kappa shape index (κ1) is 18.8. The van der Waals surface area contributed by atoms with E-state index in [1.165, 1.54) is 0 Å². The molecule has 3 heterocycles. The highest BCUT2D eigenvalue weighted by atomic mass is 16.6. The number of likely N-dealkylation sites (tertiary alicyclic amines) is 1. The van der Waals surface area contributed by atoms with Gasteiger partial charge in [0.25, 0.3) is 0 Å². The van der Waals surface area contributed by atoms with E-state index >= 15 is 0 Å². The summed E-state index contributed by atoms with van der Waals surface area (Å²) < 4.78 is 7.20. The summed E-state index contributed by atoms with van der Waals surface area (Å²) in [6, 6.07) is 2.16. The molecule has 0 radical (unpaired) electrons. The lowest BCUT2D eigenvalue weighted by Gasteiger charge is -2.26. The van der Waals surface area contributed by atoms with E-state index in [-0.39, 0.29) is 12.1 Å². The number of nitrogens with one attached hydrogen (secondary N) is 1. The lowest BCUT2D eigenvalue weighted by Crippen LogP contribution is -2.37. The van der Waals surface area contributed by atoms with Crippen LogP contribution in [0.15, 0.2) is 12.4 Å². The number of anilines is 1. The predicted octanol–water partition coefficient (Wildman–Crippen LogP) is 2.69. The molecule has 0 aliphatic carbocycles. The molecule has 3 rings (SSSR count). The van der Waals surface area contributed by atoms with Gasteiger partial charge < -0.3 is 15.4 Å². The van der Waals surface area contributed by atoms with Gasteiger partial charge in [0.2, 0.25) is 0 Å². The second kappa shape index (κ2) is 7.31. The molecule has 1 fully saturated rings. The van der Waals surface area contributed by atoms with Crippen LogP contribution in [0.1, 0.15) is 51.6 Å². The first-order valence-electron chi connectivity index (χ1n) is 9.05. The standard InChI is InChI=1S/C18H25N7O2/c1-18(2,3)27-17(26)24-7-4-5-13(6-8-24)25-16(20)14(9-19)15(23-25)12-10-21-22-11-12/h10-11,13H,4-8,20H2,1-3H3,(H,21,22)/t13-/m0/s1. The van der Waals surface area contributed by atoms with Crippen molar-refractivity contribution in [1.82, 2.24) is 24.9 Å². The average molecular weight is 371 g/mol. The zero-order chi connectivity index (χ0) is 19.6. The number of nitrogens with two attached hydrogens (primary N) is 1. The molecule has 3 N–H and O–H groups in total. The fourth-order valence-corrected chi connectivity index (χ4v) is 3.25. The van der Waals surface area contributed by atoms with Gasteiger partial charge in [-0.2, -0.15) is 15.5 Å². The molecule has 27 heavy (non-hydrogen) atoms. The van der Waals surface area contributed by atoms with E-state index in [4.69, 9.17) is 10.5 Å². The molecule has 9 nitrogen and oxygen atoms in total. The summed E-state index contributed by atoms with van der Waals surface area (Å²) >= 11 is 0. The Kier molecular flexibility index (Phi) is 5.08. The van der Waals surface area contributed by atoms with Crippen molar-refractivity contribution < 1.29 is 9.53 Å². The molecule has 1 aliphatic heterocycles. The van der Waals surface area contributed by atoms with E-state index in [2.05, 4.69) is 21.4 Å². The molecule has 0 bridgehead atoms. The first-order valence-corrected chi connectivity index (χ1v) is 9.05. The van der Waals surface area contributed by atoms with Crippen molar-refractivity contribution in [1.29, 1.82) is 5.26 Å². The minimum atomic E-state index is -0.517. The molecule has 2 aromatic heterocycles. The molecule has 1 atom stereocenters. The summed E-state index contributed by atoms with van der Waals surface area (Å²) in [4.78, 5) is 14.1. The Hall–Kier alpha value is -3.02. The van der Waals surface area contributed by atoms with Crippen LogP contribution in [0.5, 0.6) is 0 Å². The number of aromatic nitrogens is 4. The highest BCUT2D eigenvalue weighted by molar-refractivity contribution is 5.71. The molecule has 0 unspecified atom stereocenters. The summed E-state index contributed by atoms with van der Waals surface area (Å²) in [6.45, 7) is 6.76. The second-order valence-electron chi connectivity index (χ2n) is 7.70. The normalized spacial score (nSPS) is 18.0. The molecule has 1 amide bonds. The average Bonchev–Trinajstić information content (AvgIpc) is 3.14. The SMILES string of the molecule is CC(C)(C)OC(=O)N1CCC[C@H](n2nc(-c3cn[nH]c3)c(C#N)c2N)CC1. The number of nitrogen functional groups attached to an aromatic ring is 1. The number of hydrogen-bond acceptors (Lipinski definition) is 6. The van der Waals surface area contributed by atoms with Crippen molar-refractivity contribution >= 4 is 11.9 Å². The zero-order valence-electron chi connectivity index (χ0n) is 15.9. The van der Waals surface area contributed by atoms with E-state index in [1.54, 1.807) is 22.0 Å².